The topological polar surface area (TPSA) is 68.3 Å². The maximum absolute atomic E-state index is 13.8. The van der Waals surface area contributed by atoms with Gasteiger partial charge in [0.1, 0.15) is 5.82 Å². The Balaban J connectivity index is 1.73. The summed E-state index contributed by atoms with van der Waals surface area (Å²) in [4.78, 5) is 28.8. The van der Waals surface area contributed by atoms with Gasteiger partial charge in [-0.05, 0) is 37.3 Å². The molecule has 3 rings (SSSR count). The molecule has 0 saturated heterocycles. The smallest absolute Gasteiger partial charge is 0.341 e. The van der Waals surface area contributed by atoms with Gasteiger partial charge < -0.3 is 10.1 Å². The van der Waals surface area contributed by atoms with Crippen LogP contribution in [-0.4, -0.2) is 23.0 Å². The third kappa shape index (κ3) is 3.81. The highest BCUT2D eigenvalue weighted by Gasteiger charge is 2.21. The Kier molecular flexibility index (Phi) is 5.14. The van der Waals surface area contributed by atoms with Gasteiger partial charge in [0.15, 0.2) is 6.10 Å². The van der Waals surface area contributed by atoms with Crippen LogP contribution in [0.4, 0.5) is 10.1 Å². The number of hydrogen-bond donors (Lipinski definition) is 1. The normalized spacial score (nSPS) is 11.8. The van der Waals surface area contributed by atoms with Crippen LogP contribution in [0.25, 0.3) is 10.9 Å². The number of nitrogens with zero attached hydrogens (tertiary/aromatic N) is 1. The van der Waals surface area contributed by atoms with Gasteiger partial charge in [0.05, 0.1) is 16.8 Å². The molecule has 1 N–H and O–H groups in total. The van der Waals surface area contributed by atoms with Gasteiger partial charge in [-0.1, -0.05) is 29.8 Å². The van der Waals surface area contributed by atoms with Crippen molar-refractivity contribution in [3.8, 4) is 0 Å². The molecule has 0 fully saturated rings. The van der Waals surface area contributed by atoms with E-state index >= 15 is 0 Å². The number of benzene rings is 2. The molecule has 1 amide bonds. The maximum Gasteiger partial charge on any atom is 0.341 e. The molecule has 0 aliphatic heterocycles. The molecule has 26 heavy (non-hydrogen) atoms. The molecule has 1 atom stereocenters. The Morgan fingerprint density at radius 1 is 1.19 bits per heavy atom. The lowest BCUT2D eigenvalue weighted by atomic mass is 10.1. The first kappa shape index (κ1) is 17.8. The van der Waals surface area contributed by atoms with Crippen LogP contribution in [0, 0.1) is 5.82 Å². The molecule has 0 spiro atoms. The van der Waals surface area contributed by atoms with E-state index < -0.39 is 23.8 Å². The number of pyridine rings is 1. The van der Waals surface area contributed by atoms with Gasteiger partial charge in [-0.15, -0.1) is 0 Å². The molecule has 7 heteroatoms. The molecule has 0 saturated carbocycles. The van der Waals surface area contributed by atoms with Crippen LogP contribution in [0.1, 0.15) is 17.3 Å². The van der Waals surface area contributed by atoms with Crippen LogP contribution >= 0.6 is 11.6 Å². The maximum atomic E-state index is 13.8. The van der Waals surface area contributed by atoms with E-state index in [0.717, 1.165) is 11.5 Å². The fourth-order valence-corrected chi connectivity index (χ4v) is 2.53. The van der Waals surface area contributed by atoms with E-state index in [4.69, 9.17) is 16.3 Å². The molecule has 3 aromatic rings. The minimum Gasteiger partial charge on any atom is -0.449 e. The van der Waals surface area contributed by atoms with Crippen LogP contribution in [0.5, 0.6) is 0 Å². The van der Waals surface area contributed by atoms with E-state index in [1.54, 1.807) is 24.4 Å². The SMILES string of the molecule is C[C@H](OC(=O)c1cccc2cccnc12)C(=O)Nc1ccc(Cl)cc1F. The third-order valence-electron chi connectivity index (χ3n) is 3.69. The average molecular weight is 373 g/mol. The van der Waals surface area contributed by atoms with Gasteiger partial charge in [-0.2, -0.15) is 0 Å². The van der Waals surface area contributed by atoms with Crippen LogP contribution in [0.3, 0.4) is 0 Å². The Hall–Kier alpha value is -2.99. The number of esters is 1. The van der Waals surface area contributed by atoms with Crippen molar-refractivity contribution in [2.24, 2.45) is 0 Å². The van der Waals surface area contributed by atoms with Gasteiger partial charge in [0, 0.05) is 16.6 Å². The number of carbonyl (C=O) groups excluding carboxylic acids is 2. The van der Waals surface area contributed by atoms with Crippen LogP contribution in [0.15, 0.2) is 54.7 Å². The highest BCUT2D eigenvalue weighted by atomic mass is 35.5. The van der Waals surface area contributed by atoms with Crippen molar-refractivity contribution in [1.29, 1.82) is 0 Å². The summed E-state index contributed by atoms with van der Waals surface area (Å²) in [5, 5.41) is 3.36. The van der Waals surface area contributed by atoms with Crippen molar-refractivity contribution in [3.63, 3.8) is 0 Å². The molecule has 0 unspecified atom stereocenters. The number of rotatable bonds is 4. The second-order valence-corrected chi connectivity index (χ2v) is 5.98. The van der Waals surface area contributed by atoms with Crippen LogP contribution in [0.2, 0.25) is 5.02 Å². The second kappa shape index (κ2) is 7.49. The Labute approximate surface area is 153 Å². The highest BCUT2D eigenvalue weighted by Crippen LogP contribution is 2.20. The van der Waals surface area contributed by atoms with E-state index in [2.05, 4.69) is 10.3 Å². The van der Waals surface area contributed by atoms with Gasteiger partial charge in [0.25, 0.3) is 5.91 Å². The molecule has 0 bridgehead atoms. The number of anilines is 1. The summed E-state index contributed by atoms with van der Waals surface area (Å²) in [5.41, 5.74) is 0.686. The molecular formula is C19H14ClFN2O3. The number of hydrogen-bond acceptors (Lipinski definition) is 4. The summed E-state index contributed by atoms with van der Waals surface area (Å²) < 4.78 is 19.0. The predicted molar refractivity (Wildman–Crippen MR) is 96.7 cm³/mol. The summed E-state index contributed by atoms with van der Waals surface area (Å²) in [5.74, 6) is -2.02. The lowest BCUT2D eigenvalue weighted by molar-refractivity contribution is -0.123. The summed E-state index contributed by atoms with van der Waals surface area (Å²) in [6.07, 6.45) is 0.440. The van der Waals surface area contributed by atoms with Crippen molar-refractivity contribution >= 4 is 40.1 Å². The zero-order valence-electron chi connectivity index (χ0n) is 13.7. The molecule has 0 aliphatic rings. The lowest BCUT2D eigenvalue weighted by Crippen LogP contribution is -2.30. The van der Waals surface area contributed by atoms with E-state index in [-0.39, 0.29) is 16.3 Å². The van der Waals surface area contributed by atoms with Crippen molar-refractivity contribution in [2.75, 3.05) is 5.32 Å². The minimum absolute atomic E-state index is 0.0471. The molecule has 1 aromatic heterocycles. The average Bonchev–Trinajstić information content (AvgIpc) is 2.63. The third-order valence-corrected chi connectivity index (χ3v) is 3.93. The van der Waals surface area contributed by atoms with Gasteiger partial charge >= 0.3 is 5.97 Å². The molecule has 5 nitrogen and oxygen atoms in total. The lowest BCUT2D eigenvalue weighted by Gasteiger charge is -2.14. The molecule has 132 valence electrons. The van der Waals surface area contributed by atoms with Crippen LogP contribution in [-0.2, 0) is 9.53 Å². The number of aromatic nitrogens is 1. The minimum atomic E-state index is -1.13. The molecule has 0 aliphatic carbocycles. The fourth-order valence-electron chi connectivity index (χ4n) is 2.37. The fraction of sp³-hybridized carbons (Fsp3) is 0.105. The van der Waals surface area contributed by atoms with E-state index in [1.165, 1.54) is 19.1 Å². The Morgan fingerprint density at radius 3 is 2.73 bits per heavy atom. The number of para-hydroxylation sites is 1. The van der Waals surface area contributed by atoms with Crippen molar-refractivity contribution in [3.05, 3.63) is 71.1 Å². The van der Waals surface area contributed by atoms with Gasteiger partial charge in [-0.25, -0.2) is 9.18 Å². The first-order valence-electron chi connectivity index (χ1n) is 7.76. The largest absolute Gasteiger partial charge is 0.449 e. The second-order valence-electron chi connectivity index (χ2n) is 5.54. The predicted octanol–water partition coefficient (Wildman–Crippen LogP) is 4.21. The van der Waals surface area contributed by atoms with E-state index in [9.17, 15) is 14.0 Å². The summed E-state index contributed by atoms with van der Waals surface area (Å²) in [6.45, 7) is 1.40. The number of fused-ring (bicyclic) bond motifs is 1. The summed E-state index contributed by atoms with van der Waals surface area (Å²) in [7, 11) is 0. The first-order valence-corrected chi connectivity index (χ1v) is 8.14. The van der Waals surface area contributed by atoms with Crippen molar-refractivity contribution in [1.82, 2.24) is 4.98 Å². The zero-order valence-corrected chi connectivity index (χ0v) is 14.5. The van der Waals surface area contributed by atoms with Crippen molar-refractivity contribution < 1.29 is 18.7 Å². The number of amides is 1. The van der Waals surface area contributed by atoms with Gasteiger partial charge in [-0.3, -0.25) is 9.78 Å². The quantitative estimate of drug-likeness (QED) is 0.696. The number of carbonyl (C=O) groups is 2. The Morgan fingerprint density at radius 2 is 1.96 bits per heavy atom. The van der Waals surface area contributed by atoms with E-state index in [0.29, 0.717) is 5.52 Å². The Bertz CT molecular complexity index is 988. The van der Waals surface area contributed by atoms with Crippen LogP contribution < -0.4 is 5.32 Å². The zero-order chi connectivity index (χ0) is 18.7. The molecule has 2 aromatic carbocycles. The van der Waals surface area contributed by atoms with Crippen molar-refractivity contribution in [2.45, 2.75) is 13.0 Å². The standard InChI is InChI=1S/C19H14ClFN2O3/c1-11(18(24)23-16-8-7-13(20)10-15(16)21)26-19(25)14-6-2-4-12-5-3-9-22-17(12)14/h2-11H,1H3,(H,23,24)/t11-/m0/s1. The summed E-state index contributed by atoms with van der Waals surface area (Å²) >= 11 is 5.67. The number of halogens is 2. The van der Waals surface area contributed by atoms with E-state index in [1.807, 2.05) is 12.1 Å². The number of ether oxygens (including phenoxy) is 1. The first-order chi connectivity index (χ1) is 12.5. The molecule has 0 radical (unpaired) electrons. The number of nitrogens with one attached hydrogen (secondary N) is 1. The monoisotopic (exact) mass is 372 g/mol. The molecule has 1 heterocycles. The van der Waals surface area contributed by atoms with Gasteiger partial charge in [0.2, 0.25) is 0 Å². The highest BCUT2D eigenvalue weighted by molar-refractivity contribution is 6.30. The summed E-state index contributed by atoms with van der Waals surface area (Å²) in [6, 6.07) is 12.5. The molecular weight excluding hydrogens is 359 g/mol.